The molecule has 8 heteroatoms. The highest BCUT2D eigenvalue weighted by Gasteiger charge is 2.25. The Labute approximate surface area is 193 Å². The number of carbonyl (C=O) groups excluding carboxylic acids is 1. The number of ether oxygens (including phenoxy) is 1. The molecule has 8 nitrogen and oxygen atoms in total. The maximum Gasteiger partial charge on any atom is 0.228 e. The molecule has 2 aliphatic rings. The number of carbonyl (C=O) groups is 1. The Balaban J connectivity index is 1.22. The molecule has 0 aliphatic carbocycles. The number of amides is 1. The molecule has 0 radical (unpaired) electrons. The SMILES string of the molecule is COc1cccc(CN2CCC(Cc3ccn4ncc(N5CCC(=O)NC5=N)c4c3)CC2)c1. The number of hydrogen-bond donors (Lipinski definition) is 2. The normalized spacial score (nSPS) is 18.0. The maximum absolute atomic E-state index is 11.6. The highest BCUT2D eigenvalue weighted by atomic mass is 16.5. The molecule has 2 aromatic heterocycles. The van der Waals surface area contributed by atoms with E-state index in [1.54, 1.807) is 13.3 Å². The lowest BCUT2D eigenvalue weighted by Crippen LogP contribution is -2.50. The van der Waals surface area contributed by atoms with Crippen molar-refractivity contribution in [2.24, 2.45) is 5.92 Å². The number of guanidine groups is 1. The van der Waals surface area contributed by atoms with Crippen LogP contribution in [0.15, 0.2) is 48.8 Å². The van der Waals surface area contributed by atoms with Gasteiger partial charge in [0.15, 0.2) is 0 Å². The van der Waals surface area contributed by atoms with Crippen LogP contribution in [-0.2, 0) is 17.8 Å². The van der Waals surface area contributed by atoms with Crippen molar-refractivity contribution >= 4 is 23.1 Å². The van der Waals surface area contributed by atoms with Gasteiger partial charge in [0.05, 0.1) is 24.5 Å². The zero-order valence-corrected chi connectivity index (χ0v) is 19.0. The van der Waals surface area contributed by atoms with Crippen molar-refractivity contribution in [3.63, 3.8) is 0 Å². The zero-order chi connectivity index (χ0) is 22.8. The molecule has 33 heavy (non-hydrogen) atoms. The van der Waals surface area contributed by atoms with Crippen LogP contribution in [0.1, 0.15) is 30.4 Å². The number of methoxy groups -OCH3 is 1. The molecule has 1 amide bonds. The predicted octanol–water partition coefficient (Wildman–Crippen LogP) is 3.06. The van der Waals surface area contributed by atoms with Gasteiger partial charge in [0.1, 0.15) is 5.75 Å². The molecule has 0 unspecified atom stereocenters. The van der Waals surface area contributed by atoms with Crippen LogP contribution in [0.3, 0.4) is 0 Å². The van der Waals surface area contributed by atoms with E-state index in [9.17, 15) is 4.79 Å². The number of fused-ring (bicyclic) bond motifs is 1. The Morgan fingerprint density at radius 1 is 1.15 bits per heavy atom. The lowest BCUT2D eigenvalue weighted by molar-refractivity contribution is -0.119. The molecule has 1 aromatic carbocycles. The number of piperidine rings is 1. The Kier molecular flexibility index (Phi) is 6.00. The quantitative estimate of drug-likeness (QED) is 0.608. The summed E-state index contributed by atoms with van der Waals surface area (Å²) in [5, 5.41) is 15.2. The molecule has 2 fully saturated rings. The second-order valence-corrected chi connectivity index (χ2v) is 8.97. The molecule has 4 heterocycles. The number of rotatable bonds is 6. The number of anilines is 1. The van der Waals surface area contributed by atoms with Crippen molar-refractivity contribution in [1.29, 1.82) is 5.41 Å². The molecule has 5 rings (SSSR count). The van der Waals surface area contributed by atoms with Gasteiger partial charge in [0.25, 0.3) is 0 Å². The minimum Gasteiger partial charge on any atom is -0.497 e. The van der Waals surface area contributed by atoms with E-state index in [1.807, 2.05) is 21.7 Å². The van der Waals surface area contributed by atoms with Crippen molar-refractivity contribution in [1.82, 2.24) is 19.8 Å². The van der Waals surface area contributed by atoms with Crippen molar-refractivity contribution in [2.45, 2.75) is 32.2 Å². The number of nitrogens with one attached hydrogen (secondary N) is 2. The van der Waals surface area contributed by atoms with Gasteiger partial charge < -0.3 is 9.64 Å². The van der Waals surface area contributed by atoms with E-state index in [1.165, 1.54) is 24.0 Å². The highest BCUT2D eigenvalue weighted by molar-refractivity contribution is 6.08. The topological polar surface area (TPSA) is 86.0 Å². The number of pyridine rings is 1. The smallest absolute Gasteiger partial charge is 0.228 e. The summed E-state index contributed by atoms with van der Waals surface area (Å²) in [6, 6.07) is 12.7. The third-order valence-corrected chi connectivity index (χ3v) is 6.72. The first-order valence-electron chi connectivity index (χ1n) is 11.6. The zero-order valence-electron chi connectivity index (χ0n) is 19.0. The fourth-order valence-corrected chi connectivity index (χ4v) is 4.89. The van der Waals surface area contributed by atoms with E-state index in [0.29, 0.717) is 18.9 Å². The lowest BCUT2D eigenvalue weighted by atomic mass is 9.90. The molecular weight excluding hydrogens is 416 g/mol. The van der Waals surface area contributed by atoms with Crippen LogP contribution in [-0.4, -0.2) is 53.1 Å². The van der Waals surface area contributed by atoms with Crippen molar-refractivity contribution in [3.05, 3.63) is 59.9 Å². The van der Waals surface area contributed by atoms with Crippen molar-refractivity contribution < 1.29 is 9.53 Å². The Bertz CT molecular complexity index is 1160. The molecule has 2 aliphatic heterocycles. The minimum atomic E-state index is -0.105. The van der Waals surface area contributed by atoms with E-state index in [-0.39, 0.29) is 11.9 Å². The Hall–Kier alpha value is -3.39. The number of aromatic nitrogens is 2. The number of nitrogens with zero attached hydrogens (tertiary/aromatic N) is 4. The van der Waals surface area contributed by atoms with Crippen molar-refractivity contribution in [2.75, 3.05) is 31.6 Å². The molecule has 0 atom stereocenters. The summed E-state index contributed by atoms with van der Waals surface area (Å²) in [5.41, 5.74) is 4.44. The maximum atomic E-state index is 11.6. The fraction of sp³-hybridized carbons (Fsp3) is 0.400. The number of likely N-dealkylation sites (tertiary alicyclic amines) is 1. The summed E-state index contributed by atoms with van der Waals surface area (Å²) in [6.45, 7) is 3.68. The van der Waals surface area contributed by atoms with Crippen LogP contribution >= 0.6 is 0 Å². The van der Waals surface area contributed by atoms with E-state index in [0.717, 1.165) is 43.0 Å². The summed E-state index contributed by atoms with van der Waals surface area (Å²) in [7, 11) is 1.71. The molecule has 2 N–H and O–H groups in total. The van der Waals surface area contributed by atoms with Crippen molar-refractivity contribution in [3.8, 4) is 5.75 Å². The number of hydrogen-bond acceptors (Lipinski definition) is 5. The van der Waals surface area contributed by atoms with Crippen LogP contribution in [0.4, 0.5) is 5.69 Å². The van der Waals surface area contributed by atoms with E-state index >= 15 is 0 Å². The van der Waals surface area contributed by atoms with E-state index < -0.39 is 0 Å². The van der Waals surface area contributed by atoms with Gasteiger partial charge in [-0.1, -0.05) is 12.1 Å². The first kappa shape index (κ1) is 21.5. The third-order valence-electron chi connectivity index (χ3n) is 6.72. The van der Waals surface area contributed by atoms with E-state index in [4.69, 9.17) is 10.1 Å². The van der Waals surface area contributed by atoms with Gasteiger partial charge in [0, 0.05) is 25.7 Å². The standard InChI is InChI=1S/C25H30N6O2/c1-33-21-4-2-3-20(14-21)17-29-9-5-18(6-10-29)13-19-7-12-31-22(15-19)23(16-27-31)30-11-8-24(32)28-25(30)26/h2-4,7,12,14-16,18H,5-6,8-11,13,17H2,1H3,(H2,26,28,32). The lowest BCUT2D eigenvalue weighted by Gasteiger charge is -2.32. The molecule has 0 spiro atoms. The van der Waals surface area contributed by atoms with E-state index in [2.05, 4.69) is 45.6 Å². The van der Waals surface area contributed by atoms with Crippen LogP contribution < -0.4 is 15.0 Å². The molecule has 3 aromatic rings. The highest BCUT2D eigenvalue weighted by Crippen LogP contribution is 2.27. The van der Waals surface area contributed by atoms with Gasteiger partial charge in [-0.05, 0) is 73.7 Å². The summed E-state index contributed by atoms with van der Waals surface area (Å²) >= 11 is 0. The summed E-state index contributed by atoms with van der Waals surface area (Å²) < 4.78 is 7.20. The third kappa shape index (κ3) is 4.71. The van der Waals surface area contributed by atoms with Gasteiger partial charge in [-0.15, -0.1) is 0 Å². The molecule has 0 saturated carbocycles. The average molecular weight is 447 g/mol. The number of benzene rings is 1. The monoisotopic (exact) mass is 446 g/mol. The average Bonchev–Trinajstić information content (AvgIpc) is 3.23. The van der Waals surface area contributed by atoms with Gasteiger partial charge in [-0.2, -0.15) is 5.10 Å². The van der Waals surface area contributed by atoms with Crippen LogP contribution in [0.25, 0.3) is 5.52 Å². The molecule has 2 saturated heterocycles. The van der Waals surface area contributed by atoms with Crippen LogP contribution in [0.5, 0.6) is 5.75 Å². The van der Waals surface area contributed by atoms with Crippen LogP contribution in [0, 0.1) is 11.3 Å². The van der Waals surface area contributed by atoms with Gasteiger partial charge >= 0.3 is 0 Å². The summed E-state index contributed by atoms with van der Waals surface area (Å²) in [4.78, 5) is 15.9. The van der Waals surface area contributed by atoms with Gasteiger partial charge in [-0.3, -0.25) is 20.4 Å². The summed E-state index contributed by atoms with van der Waals surface area (Å²) in [5.74, 6) is 1.59. The Morgan fingerprint density at radius 2 is 2.00 bits per heavy atom. The largest absolute Gasteiger partial charge is 0.497 e. The second-order valence-electron chi connectivity index (χ2n) is 8.97. The molecule has 172 valence electrons. The summed E-state index contributed by atoms with van der Waals surface area (Å²) in [6.07, 6.45) is 7.57. The van der Waals surface area contributed by atoms with Crippen LogP contribution in [0.2, 0.25) is 0 Å². The Morgan fingerprint density at radius 3 is 2.79 bits per heavy atom. The fourth-order valence-electron chi connectivity index (χ4n) is 4.89. The predicted molar refractivity (Wildman–Crippen MR) is 128 cm³/mol. The second kappa shape index (κ2) is 9.23. The molecular formula is C25H30N6O2. The van der Waals surface area contributed by atoms with Gasteiger partial charge in [-0.25, -0.2) is 4.52 Å². The molecule has 0 bridgehead atoms. The van der Waals surface area contributed by atoms with Gasteiger partial charge in [0.2, 0.25) is 11.9 Å². The minimum absolute atomic E-state index is 0.105. The first-order valence-corrected chi connectivity index (χ1v) is 11.6. The first-order chi connectivity index (χ1) is 16.1.